The van der Waals surface area contributed by atoms with Crippen LogP contribution in [0.2, 0.25) is 0 Å². The highest BCUT2D eigenvalue weighted by molar-refractivity contribution is 6.23. The molecule has 0 aliphatic heterocycles. The molecule has 0 N–H and O–H groups in total. The van der Waals surface area contributed by atoms with E-state index in [0.717, 1.165) is 105 Å². The van der Waals surface area contributed by atoms with E-state index in [1.165, 1.54) is 10.8 Å². The number of hydrogen-bond donors (Lipinski definition) is 0. The van der Waals surface area contributed by atoms with Gasteiger partial charge in [0.05, 0.1) is 33.1 Å². The zero-order valence-corrected chi connectivity index (χ0v) is 37.2. The number of hydrogen-bond acceptors (Lipinski definition) is 4. The number of nitrogens with zero attached hydrogens (tertiary/aromatic N) is 5. The van der Waals surface area contributed by atoms with Gasteiger partial charge in [0.25, 0.3) is 0 Å². The van der Waals surface area contributed by atoms with Crippen LogP contribution in [-0.2, 0) is 0 Å². The predicted molar refractivity (Wildman–Crippen MR) is 283 cm³/mol. The zero-order chi connectivity index (χ0) is 45.4. The van der Waals surface area contributed by atoms with E-state index in [0.29, 0.717) is 17.5 Å². The highest BCUT2D eigenvalue weighted by atomic mass is 16.3. The lowest BCUT2D eigenvalue weighted by Crippen LogP contribution is -2.00. The largest absolute Gasteiger partial charge is 0.454 e. The molecule has 322 valence electrons. The second-order valence-electron chi connectivity index (χ2n) is 17.6. The van der Waals surface area contributed by atoms with Crippen molar-refractivity contribution in [3.63, 3.8) is 0 Å². The molecule has 14 rings (SSSR count). The number of benzene rings is 10. The molecule has 0 saturated heterocycles. The van der Waals surface area contributed by atoms with Gasteiger partial charge in [-0.3, -0.25) is 0 Å². The van der Waals surface area contributed by atoms with E-state index in [9.17, 15) is 0 Å². The van der Waals surface area contributed by atoms with E-state index in [1.807, 2.05) is 12.1 Å². The van der Waals surface area contributed by atoms with Crippen LogP contribution in [0.25, 0.3) is 133 Å². The van der Waals surface area contributed by atoms with Gasteiger partial charge in [0.15, 0.2) is 23.1 Å². The molecule has 0 fully saturated rings. The summed E-state index contributed by atoms with van der Waals surface area (Å²) in [5.74, 6) is 1.80. The predicted octanol–water partition coefficient (Wildman–Crippen LogP) is 16.3. The van der Waals surface area contributed by atoms with Crippen LogP contribution in [0.4, 0.5) is 0 Å². The molecule has 0 spiro atoms. The van der Waals surface area contributed by atoms with Crippen molar-refractivity contribution in [3.05, 3.63) is 237 Å². The van der Waals surface area contributed by atoms with Gasteiger partial charge in [-0.05, 0) is 70.8 Å². The van der Waals surface area contributed by atoms with E-state index in [2.05, 4.69) is 234 Å². The maximum atomic E-state index is 7.07. The highest BCUT2D eigenvalue weighted by Gasteiger charge is 2.23. The average Bonchev–Trinajstić information content (AvgIpc) is 4.09. The number of para-hydroxylation sites is 3. The van der Waals surface area contributed by atoms with Crippen LogP contribution in [0.1, 0.15) is 0 Å². The highest BCUT2D eigenvalue weighted by Crippen LogP contribution is 2.44. The molecule has 6 heteroatoms. The first-order chi connectivity index (χ1) is 34.2. The van der Waals surface area contributed by atoms with Crippen molar-refractivity contribution in [2.75, 3.05) is 0 Å². The number of rotatable bonds is 7. The van der Waals surface area contributed by atoms with E-state index < -0.39 is 0 Å². The number of aromatic nitrogens is 5. The summed E-state index contributed by atoms with van der Waals surface area (Å²) in [7, 11) is 0. The minimum atomic E-state index is 0.589. The third-order valence-corrected chi connectivity index (χ3v) is 13.6. The van der Waals surface area contributed by atoms with Crippen LogP contribution in [0, 0.1) is 0 Å². The monoisotopic (exact) mass is 881 g/mol. The van der Waals surface area contributed by atoms with Crippen molar-refractivity contribution in [3.8, 4) is 67.8 Å². The summed E-state index contributed by atoms with van der Waals surface area (Å²) < 4.78 is 11.8. The Kier molecular flexibility index (Phi) is 8.79. The Bertz CT molecular complexity index is 4110. The maximum Gasteiger partial charge on any atom is 0.164 e. The fraction of sp³-hybridized carbons (Fsp3) is 0. The SMILES string of the molecule is c1ccc(-c2ccc(-c3nc(-c4ccc(-c5ccccc5)cc4)nc(-c4ccc5c6ccc7c(oc8cccc(-n9c%10ccccc%10c%10ccccc%109)c87)c6n(-c6ccccc6)c5c4)n3)cc2)cc1. The molecule has 0 aliphatic carbocycles. The molecule has 0 amide bonds. The minimum absolute atomic E-state index is 0.589. The minimum Gasteiger partial charge on any atom is -0.454 e. The molecular weight excluding hydrogens is 843 g/mol. The molecule has 14 aromatic rings. The molecule has 4 aromatic heterocycles. The van der Waals surface area contributed by atoms with E-state index in [1.54, 1.807) is 0 Å². The molecular formula is C63H39N5O. The van der Waals surface area contributed by atoms with Crippen LogP contribution in [0.3, 0.4) is 0 Å². The van der Waals surface area contributed by atoms with Crippen LogP contribution in [-0.4, -0.2) is 24.1 Å². The molecule has 10 aromatic carbocycles. The van der Waals surface area contributed by atoms with Crippen LogP contribution < -0.4 is 0 Å². The molecule has 0 unspecified atom stereocenters. The lowest BCUT2D eigenvalue weighted by Gasteiger charge is -2.11. The summed E-state index contributed by atoms with van der Waals surface area (Å²) in [5.41, 5.74) is 15.4. The number of fused-ring (bicyclic) bond motifs is 10. The van der Waals surface area contributed by atoms with Crippen molar-refractivity contribution in [1.82, 2.24) is 24.1 Å². The van der Waals surface area contributed by atoms with Crippen LogP contribution >= 0.6 is 0 Å². The van der Waals surface area contributed by atoms with Crippen molar-refractivity contribution in [2.45, 2.75) is 0 Å². The van der Waals surface area contributed by atoms with Crippen molar-refractivity contribution in [2.24, 2.45) is 0 Å². The smallest absolute Gasteiger partial charge is 0.164 e. The normalized spacial score (nSPS) is 11.8. The second kappa shape index (κ2) is 15.6. The molecule has 0 radical (unpaired) electrons. The Balaban J connectivity index is 0.974. The Morgan fingerprint density at radius 1 is 0.304 bits per heavy atom. The van der Waals surface area contributed by atoms with Gasteiger partial charge in [-0.15, -0.1) is 0 Å². The third kappa shape index (κ3) is 6.30. The standard InChI is InChI=1S/C63H39N5O/c1-4-15-40(16-5-1)42-27-31-44(32-28-42)61-64-62(45-33-29-43(30-34-45)41-17-6-2-7-18-41)66-63(65-61)46-35-36-50-51-37-38-52-58-55(68-53-23-12-10-21-48(53)49-22-11-13-24-54(49)68)25-14-26-57(58)69-60(52)59(51)67(56(50)39-46)47-19-8-3-9-20-47/h1-39H. The first-order valence-electron chi connectivity index (χ1n) is 23.3. The molecule has 0 aliphatic rings. The lowest BCUT2D eigenvalue weighted by atomic mass is 10.0. The fourth-order valence-electron chi connectivity index (χ4n) is 10.4. The summed E-state index contributed by atoms with van der Waals surface area (Å²) in [5, 5.41) is 6.77. The average molecular weight is 882 g/mol. The van der Waals surface area contributed by atoms with E-state index in [4.69, 9.17) is 19.4 Å². The maximum absolute atomic E-state index is 7.07. The van der Waals surface area contributed by atoms with Gasteiger partial charge in [-0.1, -0.05) is 188 Å². The quantitative estimate of drug-likeness (QED) is 0.160. The van der Waals surface area contributed by atoms with Gasteiger partial charge in [-0.2, -0.15) is 0 Å². The van der Waals surface area contributed by atoms with Gasteiger partial charge < -0.3 is 13.6 Å². The molecule has 69 heavy (non-hydrogen) atoms. The van der Waals surface area contributed by atoms with Crippen molar-refractivity contribution < 1.29 is 4.42 Å². The number of furan rings is 1. The Hall–Kier alpha value is -9.39. The van der Waals surface area contributed by atoms with Crippen LogP contribution in [0.5, 0.6) is 0 Å². The fourth-order valence-corrected chi connectivity index (χ4v) is 10.4. The topological polar surface area (TPSA) is 61.7 Å². The molecule has 0 saturated carbocycles. The Labute approximate surface area is 396 Å². The third-order valence-electron chi connectivity index (χ3n) is 13.6. The van der Waals surface area contributed by atoms with E-state index in [-0.39, 0.29) is 0 Å². The molecule has 6 nitrogen and oxygen atoms in total. The summed E-state index contributed by atoms with van der Waals surface area (Å²) in [6.45, 7) is 0. The zero-order valence-electron chi connectivity index (χ0n) is 37.2. The summed E-state index contributed by atoms with van der Waals surface area (Å²) >= 11 is 0. The summed E-state index contributed by atoms with van der Waals surface area (Å²) in [6, 6.07) is 83.1. The van der Waals surface area contributed by atoms with Crippen LogP contribution in [0.15, 0.2) is 241 Å². The Morgan fingerprint density at radius 2 is 0.754 bits per heavy atom. The van der Waals surface area contributed by atoms with E-state index >= 15 is 0 Å². The molecule has 0 atom stereocenters. The summed E-state index contributed by atoms with van der Waals surface area (Å²) in [6.07, 6.45) is 0. The van der Waals surface area contributed by atoms with Gasteiger partial charge in [0, 0.05) is 49.3 Å². The second-order valence-corrected chi connectivity index (χ2v) is 17.6. The van der Waals surface area contributed by atoms with Crippen molar-refractivity contribution >= 4 is 65.6 Å². The lowest BCUT2D eigenvalue weighted by molar-refractivity contribution is 0.671. The van der Waals surface area contributed by atoms with Gasteiger partial charge in [0.1, 0.15) is 5.58 Å². The summed E-state index contributed by atoms with van der Waals surface area (Å²) in [4.78, 5) is 15.6. The van der Waals surface area contributed by atoms with Gasteiger partial charge in [-0.25, -0.2) is 15.0 Å². The first-order valence-corrected chi connectivity index (χ1v) is 23.3. The van der Waals surface area contributed by atoms with Crippen molar-refractivity contribution in [1.29, 1.82) is 0 Å². The van der Waals surface area contributed by atoms with Gasteiger partial charge >= 0.3 is 0 Å². The molecule has 4 heterocycles. The molecule has 0 bridgehead atoms. The first kappa shape index (κ1) is 38.8. The Morgan fingerprint density at radius 3 is 1.35 bits per heavy atom. The van der Waals surface area contributed by atoms with Gasteiger partial charge in [0.2, 0.25) is 0 Å².